The zero-order chi connectivity index (χ0) is 9.52. The highest BCUT2D eigenvalue weighted by molar-refractivity contribution is 7.78. The molecule has 0 fully saturated rings. The van der Waals surface area contributed by atoms with Gasteiger partial charge in [-0.15, -0.1) is 0 Å². The molecule has 0 aliphatic heterocycles. The van der Waals surface area contributed by atoms with Crippen molar-refractivity contribution in [2.45, 2.75) is 13.5 Å². The zero-order valence-corrected chi connectivity index (χ0v) is 8.30. The van der Waals surface area contributed by atoms with E-state index in [2.05, 4.69) is 22.4 Å². The molecule has 1 rings (SSSR count). The van der Waals surface area contributed by atoms with Gasteiger partial charge in [-0.05, 0) is 36.8 Å². The molecule has 1 aromatic rings. The maximum atomic E-state index is 5.30. The fourth-order valence-corrected chi connectivity index (χ4v) is 1.05. The minimum Gasteiger partial charge on any atom is -0.494 e. The summed E-state index contributed by atoms with van der Waals surface area (Å²) in [5.74, 6) is 0.887. The molecule has 0 aliphatic rings. The summed E-state index contributed by atoms with van der Waals surface area (Å²) in [5, 5.41) is 2.33. The Morgan fingerprint density at radius 1 is 1.38 bits per heavy atom. The van der Waals surface area contributed by atoms with Gasteiger partial charge in [-0.2, -0.15) is 0 Å². The minimum atomic E-state index is 0.593. The Morgan fingerprint density at radius 2 is 2.08 bits per heavy atom. The van der Waals surface area contributed by atoms with Crippen LogP contribution in [0.2, 0.25) is 0 Å². The third-order valence-electron chi connectivity index (χ3n) is 1.56. The number of nitrogens with zero attached hydrogens (tertiary/aromatic N) is 1. The third kappa shape index (κ3) is 3.36. The highest BCUT2D eigenvalue weighted by Crippen LogP contribution is 2.12. The molecule has 0 amide bonds. The van der Waals surface area contributed by atoms with Gasteiger partial charge in [0.2, 0.25) is 0 Å². The van der Waals surface area contributed by atoms with Crippen LogP contribution in [0.3, 0.4) is 0 Å². The number of isothiocyanates is 1. The lowest BCUT2D eigenvalue weighted by atomic mass is 10.2. The Kier molecular flexibility index (Phi) is 4.16. The molecule has 0 aliphatic carbocycles. The first-order valence-corrected chi connectivity index (χ1v) is 4.53. The van der Waals surface area contributed by atoms with Crippen LogP contribution in [0.5, 0.6) is 5.75 Å². The molecule has 3 heteroatoms. The van der Waals surface area contributed by atoms with Gasteiger partial charge in [-0.25, -0.2) is 4.99 Å². The van der Waals surface area contributed by atoms with E-state index < -0.39 is 0 Å². The molecule has 0 heterocycles. The Balaban J connectivity index is 2.63. The summed E-state index contributed by atoms with van der Waals surface area (Å²) in [5.41, 5.74) is 1.11. The molecule has 0 saturated heterocycles. The van der Waals surface area contributed by atoms with Crippen molar-refractivity contribution in [3.8, 4) is 5.75 Å². The molecule has 0 bridgehead atoms. The summed E-state index contributed by atoms with van der Waals surface area (Å²) < 4.78 is 5.30. The van der Waals surface area contributed by atoms with E-state index in [1.54, 1.807) is 0 Å². The Hall–Kier alpha value is -1.18. The fourth-order valence-electron chi connectivity index (χ4n) is 0.981. The summed E-state index contributed by atoms with van der Waals surface area (Å²) in [6.45, 7) is 3.25. The number of hydrogen-bond acceptors (Lipinski definition) is 3. The van der Waals surface area contributed by atoms with E-state index in [0.717, 1.165) is 11.3 Å². The summed E-state index contributed by atoms with van der Waals surface area (Å²) in [7, 11) is 0. The second-order valence-corrected chi connectivity index (χ2v) is 2.67. The van der Waals surface area contributed by atoms with Crippen molar-refractivity contribution in [2.24, 2.45) is 4.99 Å². The number of benzene rings is 1. The van der Waals surface area contributed by atoms with Gasteiger partial charge in [0.15, 0.2) is 0 Å². The number of aliphatic imine (C=N–C) groups is 1. The number of ether oxygens (including phenoxy) is 1. The SMILES string of the molecule is CCOc1ccc(CN=C=S)cc1. The number of thiocarbonyl (C=S) groups is 1. The smallest absolute Gasteiger partial charge is 0.119 e. The van der Waals surface area contributed by atoms with Crippen molar-refractivity contribution in [1.29, 1.82) is 0 Å². The number of rotatable bonds is 4. The van der Waals surface area contributed by atoms with Gasteiger partial charge in [0.25, 0.3) is 0 Å². The van der Waals surface area contributed by atoms with Crippen LogP contribution in [0.4, 0.5) is 0 Å². The molecule has 68 valence electrons. The van der Waals surface area contributed by atoms with Crippen molar-refractivity contribution in [1.82, 2.24) is 0 Å². The maximum absolute atomic E-state index is 5.30. The van der Waals surface area contributed by atoms with Crippen LogP contribution in [0.15, 0.2) is 29.3 Å². The van der Waals surface area contributed by atoms with Gasteiger partial charge in [-0.1, -0.05) is 12.1 Å². The van der Waals surface area contributed by atoms with Crippen LogP contribution in [0, 0.1) is 0 Å². The standard InChI is InChI=1S/C10H11NOS/c1-2-12-10-5-3-9(4-6-10)7-11-8-13/h3-6H,2,7H2,1H3. The molecule has 0 saturated carbocycles. The van der Waals surface area contributed by atoms with Crippen LogP contribution < -0.4 is 4.74 Å². The van der Waals surface area contributed by atoms with Crippen molar-refractivity contribution >= 4 is 17.4 Å². The third-order valence-corrected chi connectivity index (χ3v) is 1.69. The molecular formula is C10H11NOS. The first-order chi connectivity index (χ1) is 6.36. The molecule has 0 N–H and O–H groups in total. The van der Waals surface area contributed by atoms with E-state index in [1.165, 1.54) is 0 Å². The molecule has 0 spiro atoms. The lowest BCUT2D eigenvalue weighted by Gasteiger charge is -2.02. The molecule has 2 nitrogen and oxygen atoms in total. The summed E-state index contributed by atoms with van der Waals surface area (Å²) in [6, 6.07) is 7.80. The van der Waals surface area contributed by atoms with Crippen molar-refractivity contribution in [2.75, 3.05) is 6.61 Å². The lowest BCUT2D eigenvalue weighted by molar-refractivity contribution is 0.340. The van der Waals surface area contributed by atoms with E-state index in [0.29, 0.717) is 13.2 Å². The maximum Gasteiger partial charge on any atom is 0.119 e. The van der Waals surface area contributed by atoms with E-state index in [1.807, 2.05) is 31.2 Å². The molecule has 0 unspecified atom stereocenters. The normalized spacial score (nSPS) is 9.00. The van der Waals surface area contributed by atoms with E-state index in [9.17, 15) is 0 Å². The van der Waals surface area contributed by atoms with E-state index in [-0.39, 0.29) is 0 Å². The fraction of sp³-hybridized carbons (Fsp3) is 0.300. The second-order valence-electron chi connectivity index (χ2n) is 2.48. The van der Waals surface area contributed by atoms with Crippen LogP contribution in [-0.2, 0) is 6.54 Å². The molecule has 13 heavy (non-hydrogen) atoms. The monoisotopic (exact) mass is 193 g/mol. The zero-order valence-electron chi connectivity index (χ0n) is 7.49. The quantitative estimate of drug-likeness (QED) is 0.541. The predicted octanol–water partition coefficient (Wildman–Crippen LogP) is 2.69. The second kappa shape index (κ2) is 5.46. The summed E-state index contributed by atoms with van der Waals surface area (Å²) in [4.78, 5) is 3.84. The van der Waals surface area contributed by atoms with Gasteiger partial charge in [0.1, 0.15) is 5.75 Å². The van der Waals surface area contributed by atoms with Gasteiger partial charge in [-0.3, -0.25) is 0 Å². The topological polar surface area (TPSA) is 21.6 Å². The van der Waals surface area contributed by atoms with Crippen molar-refractivity contribution in [3.63, 3.8) is 0 Å². The Morgan fingerprint density at radius 3 is 2.62 bits per heavy atom. The van der Waals surface area contributed by atoms with Crippen LogP contribution in [-0.4, -0.2) is 11.8 Å². The van der Waals surface area contributed by atoms with E-state index >= 15 is 0 Å². The first kappa shape index (κ1) is 9.90. The summed E-state index contributed by atoms with van der Waals surface area (Å²) in [6.07, 6.45) is 0. The van der Waals surface area contributed by atoms with Gasteiger partial charge >= 0.3 is 0 Å². The van der Waals surface area contributed by atoms with Gasteiger partial charge in [0, 0.05) is 0 Å². The Labute approximate surface area is 83.3 Å². The predicted molar refractivity (Wildman–Crippen MR) is 56.3 cm³/mol. The van der Waals surface area contributed by atoms with Crippen LogP contribution in [0.1, 0.15) is 12.5 Å². The minimum absolute atomic E-state index is 0.593. The van der Waals surface area contributed by atoms with Crippen molar-refractivity contribution in [3.05, 3.63) is 29.8 Å². The van der Waals surface area contributed by atoms with E-state index in [4.69, 9.17) is 4.74 Å². The molecule has 1 aromatic carbocycles. The highest BCUT2D eigenvalue weighted by Gasteiger charge is 1.92. The largest absolute Gasteiger partial charge is 0.494 e. The van der Waals surface area contributed by atoms with Crippen molar-refractivity contribution < 1.29 is 4.74 Å². The highest BCUT2D eigenvalue weighted by atomic mass is 32.1. The first-order valence-electron chi connectivity index (χ1n) is 4.12. The van der Waals surface area contributed by atoms with Gasteiger partial charge in [0.05, 0.1) is 18.3 Å². The molecule has 0 radical (unpaired) electrons. The molecular weight excluding hydrogens is 182 g/mol. The molecule has 0 atom stereocenters. The summed E-state index contributed by atoms with van der Waals surface area (Å²) >= 11 is 4.48. The molecule has 0 aromatic heterocycles. The Bertz CT molecular complexity index is 301. The van der Waals surface area contributed by atoms with Crippen LogP contribution in [0.25, 0.3) is 0 Å². The number of hydrogen-bond donors (Lipinski definition) is 0. The lowest BCUT2D eigenvalue weighted by Crippen LogP contribution is -1.91. The van der Waals surface area contributed by atoms with Gasteiger partial charge < -0.3 is 4.74 Å². The average molecular weight is 193 g/mol. The van der Waals surface area contributed by atoms with Crippen LogP contribution >= 0.6 is 12.2 Å². The average Bonchev–Trinajstić information content (AvgIpc) is 2.17.